The summed E-state index contributed by atoms with van der Waals surface area (Å²) < 4.78 is 16.0. The average Bonchev–Trinajstić information content (AvgIpc) is 2.70. The van der Waals surface area contributed by atoms with Crippen LogP contribution < -0.4 is 25.1 Å². The SMILES string of the molecule is COc1ccc([N+](=O)[O-])cc1C(=O)NNC(=O)C1COc2ccccc2O1. The zero-order valence-electron chi connectivity index (χ0n) is 14.1. The van der Waals surface area contributed by atoms with E-state index in [1.54, 1.807) is 24.3 Å². The monoisotopic (exact) mass is 373 g/mol. The van der Waals surface area contributed by atoms with E-state index in [0.717, 1.165) is 6.07 Å². The van der Waals surface area contributed by atoms with Crippen molar-refractivity contribution in [2.24, 2.45) is 0 Å². The lowest BCUT2D eigenvalue weighted by Crippen LogP contribution is -2.50. The van der Waals surface area contributed by atoms with Gasteiger partial charge in [-0.2, -0.15) is 0 Å². The maximum absolute atomic E-state index is 12.3. The Labute approximate surface area is 153 Å². The molecule has 0 saturated heterocycles. The number of ether oxygens (including phenoxy) is 3. The summed E-state index contributed by atoms with van der Waals surface area (Å²) in [6.45, 7) is -0.0289. The van der Waals surface area contributed by atoms with Crippen molar-refractivity contribution in [3.05, 3.63) is 58.1 Å². The van der Waals surface area contributed by atoms with Crippen LogP contribution in [0.1, 0.15) is 10.4 Å². The Morgan fingerprint density at radius 2 is 1.93 bits per heavy atom. The predicted octanol–water partition coefficient (Wildman–Crippen LogP) is 1.20. The molecule has 0 aromatic heterocycles. The Bertz CT molecular complexity index is 900. The molecule has 3 rings (SSSR count). The van der Waals surface area contributed by atoms with Gasteiger partial charge in [-0.1, -0.05) is 12.1 Å². The molecule has 1 aliphatic rings. The summed E-state index contributed by atoms with van der Waals surface area (Å²) in [4.78, 5) is 34.7. The van der Waals surface area contributed by atoms with E-state index in [9.17, 15) is 19.7 Å². The van der Waals surface area contributed by atoms with Crippen LogP contribution in [-0.4, -0.2) is 36.6 Å². The van der Waals surface area contributed by atoms with Crippen molar-refractivity contribution in [3.63, 3.8) is 0 Å². The molecule has 10 heteroatoms. The second kappa shape index (κ2) is 7.60. The Kier molecular flexibility index (Phi) is 5.06. The van der Waals surface area contributed by atoms with Crippen LogP contribution in [0.5, 0.6) is 17.2 Å². The molecule has 0 aliphatic carbocycles. The van der Waals surface area contributed by atoms with Gasteiger partial charge in [-0.15, -0.1) is 0 Å². The Morgan fingerprint density at radius 1 is 1.19 bits per heavy atom. The molecule has 2 aromatic carbocycles. The summed E-state index contributed by atoms with van der Waals surface area (Å²) in [6.07, 6.45) is -0.966. The van der Waals surface area contributed by atoms with Gasteiger partial charge in [-0.3, -0.25) is 30.6 Å². The smallest absolute Gasteiger partial charge is 0.283 e. The van der Waals surface area contributed by atoms with Gasteiger partial charge in [-0.05, 0) is 18.2 Å². The van der Waals surface area contributed by atoms with Crippen molar-refractivity contribution in [2.45, 2.75) is 6.10 Å². The zero-order valence-corrected chi connectivity index (χ0v) is 14.1. The molecule has 0 bridgehead atoms. The Morgan fingerprint density at radius 3 is 2.63 bits per heavy atom. The number of non-ortho nitro benzene ring substituents is 1. The standard InChI is InChI=1S/C17H15N3O7/c1-25-12-7-6-10(20(23)24)8-11(12)16(21)18-19-17(22)15-9-26-13-4-2-3-5-14(13)27-15/h2-8,15H,9H2,1H3,(H,18,21)(H,19,22). The molecule has 0 saturated carbocycles. The van der Waals surface area contributed by atoms with Crippen LogP contribution >= 0.6 is 0 Å². The van der Waals surface area contributed by atoms with Gasteiger partial charge in [0, 0.05) is 12.1 Å². The number of nitro benzene ring substituents is 1. The van der Waals surface area contributed by atoms with Crippen LogP contribution in [0.4, 0.5) is 5.69 Å². The van der Waals surface area contributed by atoms with Crippen molar-refractivity contribution in [2.75, 3.05) is 13.7 Å². The van der Waals surface area contributed by atoms with E-state index in [1.807, 2.05) is 0 Å². The van der Waals surface area contributed by atoms with Gasteiger partial charge in [-0.25, -0.2) is 0 Å². The highest BCUT2D eigenvalue weighted by atomic mass is 16.6. The number of amides is 2. The molecule has 2 amide bonds. The van der Waals surface area contributed by atoms with Crippen LogP contribution in [0.3, 0.4) is 0 Å². The Balaban J connectivity index is 1.65. The van der Waals surface area contributed by atoms with Crippen molar-refractivity contribution < 1.29 is 28.7 Å². The third kappa shape index (κ3) is 3.89. The van der Waals surface area contributed by atoms with E-state index in [2.05, 4.69) is 10.9 Å². The topological polar surface area (TPSA) is 129 Å². The molecule has 140 valence electrons. The number of fused-ring (bicyclic) bond motifs is 1. The lowest BCUT2D eigenvalue weighted by Gasteiger charge is -2.25. The van der Waals surface area contributed by atoms with E-state index >= 15 is 0 Å². The van der Waals surface area contributed by atoms with E-state index in [4.69, 9.17) is 14.2 Å². The average molecular weight is 373 g/mol. The first-order valence-corrected chi connectivity index (χ1v) is 7.80. The molecule has 1 unspecified atom stereocenters. The highest BCUT2D eigenvalue weighted by molar-refractivity contribution is 5.98. The molecule has 1 heterocycles. The van der Waals surface area contributed by atoms with Crippen LogP contribution in [0, 0.1) is 10.1 Å². The maximum Gasteiger partial charge on any atom is 0.283 e. The van der Waals surface area contributed by atoms with E-state index in [1.165, 1.54) is 19.2 Å². The lowest BCUT2D eigenvalue weighted by molar-refractivity contribution is -0.384. The fourth-order valence-electron chi connectivity index (χ4n) is 2.40. The third-order valence-corrected chi connectivity index (χ3v) is 3.74. The molecule has 10 nitrogen and oxygen atoms in total. The van der Waals surface area contributed by atoms with Gasteiger partial charge in [0.25, 0.3) is 17.5 Å². The van der Waals surface area contributed by atoms with E-state index < -0.39 is 22.8 Å². The van der Waals surface area contributed by atoms with E-state index in [-0.39, 0.29) is 23.6 Å². The largest absolute Gasteiger partial charge is 0.496 e. The van der Waals surface area contributed by atoms with Gasteiger partial charge in [0.05, 0.1) is 17.6 Å². The van der Waals surface area contributed by atoms with Crippen molar-refractivity contribution in [1.82, 2.24) is 10.9 Å². The summed E-state index contributed by atoms with van der Waals surface area (Å²) in [7, 11) is 1.32. The first-order valence-electron chi connectivity index (χ1n) is 7.80. The van der Waals surface area contributed by atoms with Gasteiger partial charge in [0.2, 0.25) is 6.10 Å². The first kappa shape index (κ1) is 18.0. The summed E-state index contributed by atoms with van der Waals surface area (Å²) in [5.74, 6) is -0.357. The van der Waals surface area contributed by atoms with Crippen LogP contribution in [0.15, 0.2) is 42.5 Å². The number of methoxy groups -OCH3 is 1. The Hall–Kier alpha value is -3.82. The molecule has 0 radical (unpaired) electrons. The zero-order chi connectivity index (χ0) is 19.4. The van der Waals surface area contributed by atoms with E-state index in [0.29, 0.717) is 11.5 Å². The number of nitrogens with one attached hydrogen (secondary N) is 2. The number of carbonyl (C=O) groups excluding carboxylic acids is 2. The van der Waals surface area contributed by atoms with Crippen LogP contribution in [0.2, 0.25) is 0 Å². The number of para-hydroxylation sites is 2. The minimum absolute atomic E-state index is 0.0289. The number of hydrogen-bond acceptors (Lipinski definition) is 7. The molecule has 1 atom stereocenters. The van der Waals surface area contributed by atoms with Crippen molar-refractivity contribution in [1.29, 1.82) is 0 Å². The molecule has 0 fully saturated rings. The molecule has 2 N–H and O–H groups in total. The maximum atomic E-state index is 12.3. The van der Waals surface area contributed by atoms with Crippen LogP contribution in [0.25, 0.3) is 0 Å². The summed E-state index contributed by atoms with van der Waals surface area (Å²) in [6, 6.07) is 10.4. The van der Waals surface area contributed by atoms with Gasteiger partial charge in [0.15, 0.2) is 11.5 Å². The second-order valence-corrected chi connectivity index (χ2v) is 5.45. The van der Waals surface area contributed by atoms with Gasteiger partial charge in [0.1, 0.15) is 12.4 Å². The summed E-state index contributed by atoms with van der Waals surface area (Å²) in [5.41, 5.74) is 4.01. The second-order valence-electron chi connectivity index (χ2n) is 5.45. The quantitative estimate of drug-likeness (QED) is 0.608. The fraction of sp³-hybridized carbons (Fsp3) is 0.176. The number of nitrogens with zero attached hydrogens (tertiary/aromatic N) is 1. The number of carbonyl (C=O) groups is 2. The molecular weight excluding hydrogens is 358 g/mol. The van der Waals surface area contributed by atoms with Gasteiger partial charge >= 0.3 is 0 Å². The number of rotatable bonds is 4. The van der Waals surface area contributed by atoms with Gasteiger partial charge < -0.3 is 14.2 Å². The highest BCUT2D eigenvalue weighted by Gasteiger charge is 2.28. The summed E-state index contributed by atoms with van der Waals surface area (Å²) in [5, 5.41) is 10.9. The minimum atomic E-state index is -0.966. The number of hydrogen-bond donors (Lipinski definition) is 2. The molecular formula is C17H15N3O7. The lowest BCUT2D eigenvalue weighted by atomic mass is 10.1. The predicted molar refractivity (Wildman–Crippen MR) is 91.6 cm³/mol. The molecule has 27 heavy (non-hydrogen) atoms. The number of hydrazine groups is 1. The first-order chi connectivity index (χ1) is 13.0. The fourth-order valence-corrected chi connectivity index (χ4v) is 2.40. The van der Waals surface area contributed by atoms with Crippen molar-refractivity contribution in [3.8, 4) is 17.2 Å². The third-order valence-electron chi connectivity index (χ3n) is 3.74. The molecule has 1 aliphatic heterocycles. The summed E-state index contributed by atoms with van der Waals surface area (Å²) >= 11 is 0. The van der Waals surface area contributed by atoms with Crippen molar-refractivity contribution >= 4 is 17.5 Å². The normalized spacial score (nSPS) is 14.8. The molecule has 0 spiro atoms. The highest BCUT2D eigenvalue weighted by Crippen LogP contribution is 2.30. The molecule has 2 aromatic rings. The number of nitro groups is 1. The van der Waals surface area contributed by atoms with Crippen LogP contribution in [-0.2, 0) is 4.79 Å². The number of benzene rings is 2. The minimum Gasteiger partial charge on any atom is -0.496 e.